The molecule has 140 valence electrons. The molecule has 0 spiro atoms. The van der Waals surface area contributed by atoms with Gasteiger partial charge in [0.15, 0.2) is 5.78 Å². The molecule has 1 atom stereocenters. The quantitative estimate of drug-likeness (QED) is 0.195. The van der Waals surface area contributed by atoms with Gasteiger partial charge in [0.25, 0.3) is 0 Å². The summed E-state index contributed by atoms with van der Waals surface area (Å²) in [5, 5.41) is 0. The fraction of sp³-hybridized carbons (Fsp3) is 0.500. The lowest BCUT2D eigenvalue weighted by Crippen LogP contribution is -1.99. The number of allylic oxidation sites excluding steroid dienone is 2. The van der Waals surface area contributed by atoms with Crippen LogP contribution in [0.5, 0.6) is 0 Å². The molecular formula is C24H32O2. The zero-order chi connectivity index (χ0) is 19.0. The van der Waals surface area contributed by atoms with Crippen molar-refractivity contribution in [2.45, 2.75) is 71.6 Å². The Labute approximate surface area is 159 Å². The van der Waals surface area contributed by atoms with E-state index in [1.165, 1.54) is 19.3 Å². The van der Waals surface area contributed by atoms with Gasteiger partial charge in [0.05, 0.1) is 0 Å². The van der Waals surface area contributed by atoms with Gasteiger partial charge in [-0.05, 0) is 30.8 Å². The summed E-state index contributed by atoms with van der Waals surface area (Å²) in [6.45, 7) is 4.24. The van der Waals surface area contributed by atoms with Crippen LogP contribution in [0.1, 0.15) is 82.0 Å². The SMILES string of the molecule is CCCCCCC#C/C(=C\C(C)CC=O)CCCC(=O)c1ccccc1. The van der Waals surface area contributed by atoms with Crippen LogP contribution in [0.4, 0.5) is 0 Å². The minimum atomic E-state index is 0.179. The van der Waals surface area contributed by atoms with Crippen molar-refractivity contribution in [1.82, 2.24) is 0 Å². The highest BCUT2D eigenvalue weighted by Gasteiger charge is 2.06. The number of aldehydes is 1. The Morgan fingerprint density at radius 2 is 1.85 bits per heavy atom. The molecule has 0 saturated heterocycles. The molecule has 1 aromatic rings. The van der Waals surface area contributed by atoms with Crippen molar-refractivity contribution in [3.63, 3.8) is 0 Å². The molecule has 0 amide bonds. The maximum atomic E-state index is 12.2. The zero-order valence-corrected chi connectivity index (χ0v) is 16.3. The number of rotatable bonds is 12. The maximum Gasteiger partial charge on any atom is 0.162 e. The molecule has 0 N–H and O–H groups in total. The summed E-state index contributed by atoms with van der Waals surface area (Å²) < 4.78 is 0. The molecule has 26 heavy (non-hydrogen) atoms. The molecule has 0 aliphatic carbocycles. The van der Waals surface area contributed by atoms with Crippen molar-refractivity contribution in [1.29, 1.82) is 0 Å². The molecule has 0 aliphatic rings. The number of carbonyl (C=O) groups excluding carboxylic acids is 2. The summed E-state index contributed by atoms with van der Waals surface area (Å²) in [6.07, 6.45) is 11.5. The fourth-order valence-corrected chi connectivity index (χ4v) is 2.77. The van der Waals surface area contributed by atoms with Crippen LogP contribution in [-0.2, 0) is 4.79 Å². The van der Waals surface area contributed by atoms with Gasteiger partial charge in [-0.15, -0.1) is 0 Å². The van der Waals surface area contributed by atoms with E-state index >= 15 is 0 Å². The lowest BCUT2D eigenvalue weighted by Gasteiger charge is -2.05. The van der Waals surface area contributed by atoms with Crippen molar-refractivity contribution in [2.75, 3.05) is 0 Å². The molecule has 0 radical (unpaired) electrons. The molecule has 1 unspecified atom stereocenters. The molecule has 2 heteroatoms. The van der Waals surface area contributed by atoms with Gasteiger partial charge < -0.3 is 4.79 Å². The number of ketones is 1. The number of unbranched alkanes of at least 4 members (excludes halogenated alkanes) is 4. The Morgan fingerprint density at radius 1 is 1.08 bits per heavy atom. The Morgan fingerprint density at radius 3 is 2.54 bits per heavy atom. The van der Waals surface area contributed by atoms with Crippen LogP contribution < -0.4 is 0 Å². The predicted octanol–water partition coefficient (Wildman–Crippen LogP) is 6.16. The highest BCUT2D eigenvalue weighted by Crippen LogP contribution is 2.14. The van der Waals surface area contributed by atoms with E-state index in [4.69, 9.17) is 0 Å². The van der Waals surface area contributed by atoms with Crippen LogP contribution in [-0.4, -0.2) is 12.1 Å². The molecule has 0 heterocycles. The average molecular weight is 353 g/mol. The fourth-order valence-electron chi connectivity index (χ4n) is 2.77. The van der Waals surface area contributed by atoms with E-state index in [2.05, 4.69) is 24.8 Å². The average Bonchev–Trinajstić information content (AvgIpc) is 2.65. The lowest BCUT2D eigenvalue weighted by atomic mass is 9.99. The van der Waals surface area contributed by atoms with Crippen LogP contribution >= 0.6 is 0 Å². The second-order valence-corrected chi connectivity index (χ2v) is 6.83. The second kappa shape index (κ2) is 14.1. The van der Waals surface area contributed by atoms with E-state index < -0.39 is 0 Å². The summed E-state index contributed by atoms with van der Waals surface area (Å²) in [5.74, 6) is 6.93. The smallest absolute Gasteiger partial charge is 0.162 e. The van der Waals surface area contributed by atoms with E-state index in [0.29, 0.717) is 12.8 Å². The van der Waals surface area contributed by atoms with Gasteiger partial charge in [-0.2, -0.15) is 0 Å². The Hall–Kier alpha value is -2.14. The van der Waals surface area contributed by atoms with E-state index in [1.807, 2.05) is 37.3 Å². The van der Waals surface area contributed by atoms with E-state index in [9.17, 15) is 9.59 Å². The van der Waals surface area contributed by atoms with Crippen molar-refractivity contribution in [3.8, 4) is 11.8 Å². The third kappa shape index (κ3) is 9.99. The van der Waals surface area contributed by atoms with Gasteiger partial charge >= 0.3 is 0 Å². The minimum Gasteiger partial charge on any atom is -0.303 e. The molecule has 0 fully saturated rings. The number of hydrogen-bond donors (Lipinski definition) is 0. The first-order valence-corrected chi connectivity index (χ1v) is 9.88. The van der Waals surface area contributed by atoms with Gasteiger partial charge in [-0.1, -0.05) is 81.4 Å². The number of carbonyl (C=O) groups is 2. The first-order chi connectivity index (χ1) is 12.7. The first-order valence-electron chi connectivity index (χ1n) is 9.88. The minimum absolute atomic E-state index is 0.179. The number of hydrogen-bond acceptors (Lipinski definition) is 2. The van der Waals surface area contributed by atoms with Crippen LogP contribution in [0.2, 0.25) is 0 Å². The molecule has 1 aromatic carbocycles. The van der Waals surface area contributed by atoms with E-state index in [1.54, 1.807) is 0 Å². The van der Waals surface area contributed by atoms with Gasteiger partial charge in [0.2, 0.25) is 0 Å². The van der Waals surface area contributed by atoms with Gasteiger partial charge in [-0.3, -0.25) is 4.79 Å². The van der Waals surface area contributed by atoms with Crippen LogP contribution in [0.15, 0.2) is 42.0 Å². The highest BCUT2D eigenvalue weighted by atomic mass is 16.1. The highest BCUT2D eigenvalue weighted by molar-refractivity contribution is 5.95. The third-order valence-electron chi connectivity index (χ3n) is 4.30. The second-order valence-electron chi connectivity index (χ2n) is 6.83. The normalized spacial score (nSPS) is 12.2. The standard InChI is InChI=1S/C24H32O2/c1-3-4-5-6-7-9-13-22(20-21(2)18-19-25)14-12-17-24(26)23-15-10-8-11-16-23/h8,10-11,15-16,19-21H,3-7,12,14,17-18H2,1-2H3/b22-20+. The number of benzene rings is 1. The molecule has 0 aliphatic heterocycles. The molecule has 0 bridgehead atoms. The summed E-state index contributed by atoms with van der Waals surface area (Å²) in [5.41, 5.74) is 1.84. The zero-order valence-electron chi connectivity index (χ0n) is 16.3. The summed E-state index contributed by atoms with van der Waals surface area (Å²) in [7, 11) is 0. The van der Waals surface area contributed by atoms with Gasteiger partial charge in [0.1, 0.15) is 6.29 Å². The first kappa shape index (κ1) is 21.9. The van der Waals surface area contributed by atoms with Crippen molar-refractivity contribution in [3.05, 3.63) is 47.5 Å². The molecule has 0 saturated carbocycles. The maximum absolute atomic E-state index is 12.2. The van der Waals surface area contributed by atoms with Crippen LogP contribution in [0.25, 0.3) is 0 Å². The lowest BCUT2D eigenvalue weighted by molar-refractivity contribution is -0.108. The largest absolute Gasteiger partial charge is 0.303 e. The Kier molecular flexibility index (Phi) is 11.9. The van der Waals surface area contributed by atoms with Crippen molar-refractivity contribution < 1.29 is 9.59 Å². The molecule has 2 nitrogen and oxygen atoms in total. The van der Waals surface area contributed by atoms with Crippen LogP contribution in [0, 0.1) is 17.8 Å². The third-order valence-corrected chi connectivity index (χ3v) is 4.30. The predicted molar refractivity (Wildman–Crippen MR) is 109 cm³/mol. The molecule has 1 rings (SSSR count). The summed E-state index contributed by atoms with van der Waals surface area (Å²) in [6, 6.07) is 9.43. The van der Waals surface area contributed by atoms with Gasteiger partial charge in [-0.25, -0.2) is 0 Å². The Balaban J connectivity index is 2.54. The number of Topliss-reactive ketones (excluding diaryl/α,β-unsaturated/α-hetero) is 1. The van der Waals surface area contributed by atoms with Crippen LogP contribution in [0.3, 0.4) is 0 Å². The van der Waals surface area contributed by atoms with Gasteiger partial charge in [0, 0.05) is 24.8 Å². The van der Waals surface area contributed by atoms with Crippen molar-refractivity contribution >= 4 is 12.1 Å². The van der Waals surface area contributed by atoms with Crippen molar-refractivity contribution in [2.24, 2.45) is 5.92 Å². The topological polar surface area (TPSA) is 34.1 Å². The molecular weight excluding hydrogens is 320 g/mol. The van der Waals surface area contributed by atoms with E-state index in [-0.39, 0.29) is 11.7 Å². The monoisotopic (exact) mass is 352 g/mol. The van der Waals surface area contributed by atoms with E-state index in [0.717, 1.165) is 43.1 Å². The molecule has 0 aromatic heterocycles. The summed E-state index contributed by atoms with van der Waals surface area (Å²) in [4.78, 5) is 22.9. The Bertz CT molecular complexity index is 617. The summed E-state index contributed by atoms with van der Waals surface area (Å²) >= 11 is 0.